The summed E-state index contributed by atoms with van der Waals surface area (Å²) >= 11 is 0. The van der Waals surface area contributed by atoms with Crippen LogP contribution in [0.15, 0.2) is 24.3 Å². The number of piperazine rings is 1. The van der Waals surface area contributed by atoms with Crippen LogP contribution < -0.4 is 10.0 Å². The maximum Gasteiger partial charge on any atom is 0.248 e. The Hall–Kier alpha value is -2.96. The van der Waals surface area contributed by atoms with E-state index in [1.807, 2.05) is 39.8 Å². The molecule has 1 spiro atoms. The van der Waals surface area contributed by atoms with Gasteiger partial charge in [-0.3, -0.25) is 24.3 Å². The van der Waals surface area contributed by atoms with E-state index in [2.05, 4.69) is 32.1 Å². The number of sulfonamides is 1. The smallest absolute Gasteiger partial charge is 0.248 e. The number of piperidine rings is 1. The van der Waals surface area contributed by atoms with E-state index in [1.165, 1.54) is 0 Å². The highest BCUT2D eigenvalue weighted by atomic mass is 32.2. The number of unbranched alkanes of at least 4 members (excludes halogenated alkanes) is 1. The number of likely N-dealkylation sites (tertiary alicyclic amines) is 1. The number of nitrogens with one attached hydrogen (secondary N) is 3. The lowest BCUT2D eigenvalue weighted by atomic mass is 9.79. The summed E-state index contributed by atoms with van der Waals surface area (Å²) in [4.78, 5) is 31.5. The molecule has 0 bridgehead atoms. The van der Waals surface area contributed by atoms with Gasteiger partial charge < -0.3 is 15.3 Å². The molecule has 12 heteroatoms. The molecule has 0 saturated carbocycles. The van der Waals surface area contributed by atoms with Gasteiger partial charge in [-0.05, 0) is 56.7 Å². The van der Waals surface area contributed by atoms with Crippen molar-refractivity contribution in [2.75, 3.05) is 30.6 Å². The number of aromatic nitrogens is 2. The molecule has 0 radical (unpaired) electrons. The van der Waals surface area contributed by atoms with Crippen LogP contribution in [0.5, 0.6) is 0 Å². The number of hydrogen-bond donors (Lipinski definition) is 4. The van der Waals surface area contributed by atoms with Crippen molar-refractivity contribution in [3.63, 3.8) is 0 Å². The first-order chi connectivity index (χ1) is 19.3. The lowest BCUT2D eigenvalue weighted by molar-refractivity contribution is -0.165. The van der Waals surface area contributed by atoms with Crippen LogP contribution in [0.2, 0.25) is 0 Å². The molecule has 226 valence electrons. The highest BCUT2D eigenvalue weighted by Crippen LogP contribution is 2.40. The standard InChI is InChI=1S/C29H44N6O5S/c1-7-8-15-35-27(37)24(26(36)18(2)3)30-28(38)29(35)13-16-34(17-14-29)25(23-19(4)31-32-20(23)5)21-9-11-22(12-10-21)33-41(6,39)40/h9-12,18,24-26,33,36H,7-8,13-17H2,1-6H3,(H,30,38)(H,31,32)/t24-,25?,26-/m1/s1. The fraction of sp³-hybridized carbons (Fsp3) is 0.621. The predicted molar refractivity (Wildman–Crippen MR) is 158 cm³/mol. The third-order valence-electron chi connectivity index (χ3n) is 8.50. The van der Waals surface area contributed by atoms with Crippen molar-refractivity contribution in [2.45, 2.75) is 84.0 Å². The number of anilines is 1. The number of aromatic amines is 1. The number of amides is 2. The Balaban J connectivity index is 1.64. The Kier molecular flexibility index (Phi) is 9.15. The van der Waals surface area contributed by atoms with Gasteiger partial charge in [0.15, 0.2) is 0 Å². The quantitative estimate of drug-likeness (QED) is 0.333. The first kappa shape index (κ1) is 31.0. The molecule has 2 saturated heterocycles. The highest BCUT2D eigenvalue weighted by molar-refractivity contribution is 7.92. The zero-order valence-electron chi connectivity index (χ0n) is 24.9. The third-order valence-corrected chi connectivity index (χ3v) is 9.10. The minimum absolute atomic E-state index is 0.172. The number of aryl methyl sites for hydroxylation is 2. The summed E-state index contributed by atoms with van der Waals surface area (Å²) in [6.07, 6.45) is 2.74. The van der Waals surface area contributed by atoms with E-state index < -0.39 is 27.7 Å². The minimum atomic E-state index is -3.40. The average molecular weight is 589 g/mol. The summed E-state index contributed by atoms with van der Waals surface area (Å²) in [5.41, 5.74) is 3.33. The number of rotatable bonds is 10. The number of hydrogen-bond acceptors (Lipinski definition) is 7. The zero-order chi connectivity index (χ0) is 30.1. The Morgan fingerprint density at radius 3 is 2.29 bits per heavy atom. The van der Waals surface area contributed by atoms with Gasteiger partial charge in [-0.25, -0.2) is 8.42 Å². The van der Waals surface area contributed by atoms with Crippen LogP contribution in [0.25, 0.3) is 0 Å². The van der Waals surface area contributed by atoms with Crippen LogP contribution in [-0.2, 0) is 19.6 Å². The number of H-pyrrole nitrogens is 1. The summed E-state index contributed by atoms with van der Waals surface area (Å²) < 4.78 is 25.9. The summed E-state index contributed by atoms with van der Waals surface area (Å²) in [5, 5.41) is 21.1. The number of carbonyl (C=O) groups is 2. The Labute approximate surface area is 243 Å². The van der Waals surface area contributed by atoms with Crippen molar-refractivity contribution in [3.05, 3.63) is 46.8 Å². The highest BCUT2D eigenvalue weighted by Gasteiger charge is 2.55. The molecule has 4 N–H and O–H groups in total. The lowest BCUT2D eigenvalue weighted by Gasteiger charge is -2.53. The molecule has 1 unspecified atom stereocenters. The second-order valence-corrected chi connectivity index (χ2v) is 13.6. The summed E-state index contributed by atoms with van der Waals surface area (Å²) in [7, 11) is -3.40. The van der Waals surface area contributed by atoms with Gasteiger partial charge in [-0.15, -0.1) is 0 Å². The van der Waals surface area contributed by atoms with Crippen LogP contribution in [-0.4, -0.2) is 88.9 Å². The van der Waals surface area contributed by atoms with Crippen molar-refractivity contribution in [3.8, 4) is 0 Å². The van der Waals surface area contributed by atoms with Crippen molar-refractivity contribution in [1.82, 2.24) is 25.3 Å². The summed E-state index contributed by atoms with van der Waals surface area (Å²) in [5.74, 6) is -0.574. The van der Waals surface area contributed by atoms with Crippen LogP contribution in [0.3, 0.4) is 0 Å². The van der Waals surface area contributed by atoms with E-state index in [0.717, 1.165) is 41.6 Å². The van der Waals surface area contributed by atoms with Gasteiger partial charge in [0, 0.05) is 36.6 Å². The zero-order valence-corrected chi connectivity index (χ0v) is 25.7. The number of benzene rings is 1. The largest absolute Gasteiger partial charge is 0.390 e. The van der Waals surface area contributed by atoms with Crippen molar-refractivity contribution >= 4 is 27.5 Å². The maximum atomic E-state index is 13.8. The second kappa shape index (κ2) is 12.1. The molecule has 41 heavy (non-hydrogen) atoms. The molecule has 11 nitrogen and oxygen atoms in total. The lowest BCUT2D eigenvalue weighted by Crippen LogP contribution is -2.75. The Bertz CT molecular complexity index is 1330. The molecule has 2 aliphatic heterocycles. The van der Waals surface area contributed by atoms with Crippen LogP contribution in [0.4, 0.5) is 5.69 Å². The molecule has 2 fully saturated rings. The van der Waals surface area contributed by atoms with E-state index in [-0.39, 0.29) is 23.8 Å². The summed E-state index contributed by atoms with van der Waals surface area (Å²) in [6.45, 7) is 11.3. The van der Waals surface area contributed by atoms with E-state index in [1.54, 1.807) is 17.0 Å². The SMILES string of the molecule is CCCCN1C(=O)[C@@H]([C@H](O)C(C)C)NC(=O)C12CCN(C(c1ccc(NS(C)(=O)=O)cc1)c1c(C)n[nH]c1C)CC2. The van der Waals surface area contributed by atoms with E-state index >= 15 is 0 Å². The molecule has 3 atom stereocenters. The van der Waals surface area contributed by atoms with Crippen LogP contribution in [0.1, 0.15) is 75.0 Å². The molecule has 1 aromatic heterocycles. The first-order valence-electron chi connectivity index (χ1n) is 14.4. The number of carbonyl (C=O) groups excluding carboxylic acids is 2. The fourth-order valence-corrected chi connectivity index (χ4v) is 6.78. The fourth-order valence-electron chi connectivity index (χ4n) is 6.21. The van der Waals surface area contributed by atoms with E-state index in [0.29, 0.717) is 38.2 Å². The van der Waals surface area contributed by atoms with E-state index in [4.69, 9.17) is 0 Å². The van der Waals surface area contributed by atoms with E-state index in [9.17, 15) is 23.1 Å². The molecule has 2 aliphatic rings. The topological polar surface area (TPSA) is 148 Å². The minimum Gasteiger partial charge on any atom is -0.390 e. The molecule has 0 aliphatic carbocycles. The molecule has 2 aromatic rings. The predicted octanol–water partition coefficient (Wildman–Crippen LogP) is 2.47. The maximum absolute atomic E-state index is 13.8. The number of aliphatic hydroxyl groups excluding tert-OH is 1. The van der Waals surface area contributed by atoms with Crippen LogP contribution >= 0.6 is 0 Å². The Morgan fingerprint density at radius 2 is 1.78 bits per heavy atom. The van der Waals surface area contributed by atoms with Gasteiger partial charge in [0.1, 0.15) is 11.6 Å². The van der Waals surface area contributed by atoms with Gasteiger partial charge in [-0.2, -0.15) is 5.10 Å². The summed E-state index contributed by atoms with van der Waals surface area (Å²) in [6, 6.07) is 6.21. The van der Waals surface area contributed by atoms with Gasteiger partial charge >= 0.3 is 0 Å². The van der Waals surface area contributed by atoms with Crippen LogP contribution in [0, 0.1) is 19.8 Å². The number of nitrogens with zero attached hydrogens (tertiary/aromatic N) is 3. The Morgan fingerprint density at radius 1 is 1.15 bits per heavy atom. The van der Waals surface area contributed by atoms with Gasteiger partial charge in [0.05, 0.1) is 24.1 Å². The first-order valence-corrected chi connectivity index (χ1v) is 16.3. The molecule has 1 aromatic carbocycles. The van der Waals surface area contributed by atoms with Gasteiger partial charge in [-0.1, -0.05) is 39.3 Å². The number of aliphatic hydroxyl groups is 1. The molecule has 4 rings (SSSR count). The monoisotopic (exact) mass is 588 g/mol. The average Bonchev–Trinajstić information content (AvgIpc) is 3.24. The van der Waals surface area contributed by atoms with Crippen molar-refractivity contribution in [1.29, 1.82) is 0 Å². The normalized spacial score (nSPS) is 21.3. The molecule has 2 amide bonds. The van der Waals surface area contributed by atoms with Crippen molar-refractivity contribution in [2.24, 2.45) is 5.92 Å². The molecule has 3 heterocycles. The second-order valence-electron chi connectivity index (χ2n) is 11.8. The van der Waals surface area contributed by atoms with Gasteiger partial charge in [0.2, 0.25) is 21.8 Å². The molecular formula is C29H44N6O5S. The van der Waals surface area contributed by atoms with Crippen molar-refractivity contribution < 1.29 is 23.1 Å². The third kappa shape index (κ3) is 6.29. The molecular weight excluding hydrogens is 544 g/mol. The van der Waals surface area contributed by atoms with Gasteiger partial charge in [0.25, 0.3) is 0 Å².